The molecule has 0 radical (unpaired) electrons. The molecule has 7 heteroatoms. The summed E-state index contributed by atoms with van der Waals surface area (Å²) in [5.74, 6) is 0. The maximum Gasteiger partial charge on any atom is 0.324 e. The van der Waals surface area contributed by atoms with Crippen LogP contribution in [-0.2, 0) is 9.09 Å². The van der Waals surface area contributed by atoms with Gasteiger partial charge >= 0.3 is 8.69 Å². The number of rotatable bonds is 3. The third kappa shape index (κ3) is 29.9. The van der Waals surface area contributed by atoms with Gasteiger partial charge in [0.25, 0.3) is 0 Å². The van der Waals surface area contributed by atoms with Crippen LogP contribution < -0.4 is 5.32 Å². The third-order valence-corrected chi connectivity index (χ3v) is 0.554. The molecule has 56 valence electrons. The van der Waals surface area contributed by atoms with E-state index >= 15 is 0 Å². The fourth-order valence-corrected chi connectivity index (χ4v) is 0.313. The van der Waals surface area contributed by atoms with Crippen molar-refractivity contribution in [2.75, 3.05) is 13.8 Å². The smallest absolute Gasteiger partial charge is 0.324 e. The van der Waals surface area contributed by atoms with Crippen molar-refractivity contribution in [2.45, 2.75) is 0 Å². The first-order valence-electron chi connectivity index (χ1n) is 1.95. The van der Waals surface area contributed by atoms with Crippen LogP contribution in [0.25, 0.3) is 0 Å². The van der Waals surface area contributed by atoms with E-state index in [1.54, 1.807) is 7.05 Å². The van der Waals surface area contributed by atoms with Crippen molar-refractivity contribution in [3.63, 3.8) is 0 Å². The van der Waals surface area contributed by atoms with Gasteiger partial charge in [0.2, 0.25) is 0 Å². The lowest BCUT2D eigenvalue weighted by atomic mass is 11.2. The Hall–Kier alpha value is 0.370. The minimum absolute atomic E-state index is 0.398. The van der Waals surface area contributed by atoms with Crippen LogP contribution in [0.2, 0.25) is 0 Å². The summed E-state index contributed by atoms with van der Waals surface area (Å²) in [5.41, 5.74) is 0. The lowest BCUT2D eigenvalue weighted by molar-refractivity contribution is 0.305. The summed E-state index contributed by atoms with van der Waals surface area (Å²) in [6, 6.07) is 0. The summed E-state index contributed by atoms with van der Waals surface area (Å²) in [4.78, 5) is 14.9. The molecule has 0 fully saturated rings. The average molecular weight is 173 g/mol. The Balaban J connectivity index is 0. The third-order valence-electron chi connectivity index (χ3n) is 0.281. The monoisotopic (exact) mass is 173 g/mol. The predicted molar refractivity (Wildman–Crippen MR) is 35.4 cm³/mol. The van der Waals surface area contributed by atoms with Gasteiger partial charge < -0.3 is 14.3 Å². The van der Waals surface area contributed by atoms with Crippen LogP contribution in [0.15, 0.2) is 0 Å². The van der Waals surface area contributed by atoms with Crippen molar-refractivity contribution in [2.24, 2.45) is 0 Å². The summed E-state index contributed by atoms with van der Waals surface area (Å²) >= 11 is 0. The van der Waals surface area contributed by atoms with E-state index in [1.807, 2.05) is 0 Å². The molecule has 0 aromatic carbocycles. The van der Waals surface area contributed by atoms with E-state index in [-0.39, 0.29) is 0 Å². The molecule has 0 aromatic rings. The van der Waals surface area contributed by atoms with E-state index < -0.39 is 17.7 Å². The topological polar surface area (TPSA) is 78.8 Å². The molecule has 0 saturated carbocycles. The highest BCUT2D eigenvalue weighted by Gasteiger charge is 1.71. The van der Waals surface area contributed by atoms with Crippen LogP contribution in [0.5, 0.6) is 0 Å². The molecule has 0 amide bonds. The van der Waals surface area contributed by atoms with Gasteiger partial charge in [0.1, 0.15) is 6.73 Å². The van der Waals surface area contributed by atoms with Gasteiger partial charge in [-0.05, 0) is 7.05 Å². The predicted octanol–water partition coefficient (Wildman–Crippen LogP) is -0.134. The Morgan fingerprint density at radius 3 is 2.44 bits per heavy atom. The fraction of sp³-hybridized carbons (Fsp3) is 1.00. The lowest BCUT2D eigenvalue weighted by Gasteiger charge is -1.92. The van der Waals surface area contributed by atoms with Crippen LogP contribution in [0.3, 0.4) is 0 Å². The second kappa shape index (κ2) is 15.8. The van der Waals surface area contributed by atoms with Gasteiger partial charge in [0.15, 0.2) is 9.03 Å². The second-order valence-corrected chi connectivity index (χ2v) is 1.45. The van der Waals surface area contributed by atoms with E-state index in [0.29, 0.717) is 6.73 Å². The van der Waals surface area contributed by atoms with Crippen molar-refractivity contribution in [3.8, 4) is 0 Å². The second-order valence-electron chi connectivity index (χ2n) is 0.815. The van der Waals surface area contributed by atoms with E-state index in [9.17, 15) is 0 Å². The molecule has 1 atom stereocenters. The van der Waals surface area contributed by atoms with Gasteiger partial charge in [-0.2, -0.15) is 0 Å². The van der Waals surface area contributed by atoms with Crippen LogP contribution in [0, 0.1) is 0 Å². The van der Waals surface area contributed by atoms with Gasteiger partial charge in [0.05, 0.1) is 0 Å². The molecule has 0 aliphatic heterocycles. The summed E-state index contributed by atoms with van der Waals surface area (Å²) in [7, 11) is 0.519. The minimum Gasteiger partial charge on any atom is -0.352 e. The van der Waals surface area contributed by atoms with Gasteiger partial charge in [-0.15, -0.1) is 0 Å². The molecule has 0 aliphatic carbocycles. The van der Waals surface area contributed by atoms with Gasteiger partial charge in [-0.1, -0.05) is 0 Å². The molecule has 0 bridgehead atoms. The van der Waals surface area contributed by atoms with E-state index in [1.165, 1.54) is 0 Å². The van der Waals surface area contributed by atoms with Crippen molar-refractivity contribution in [3.05, 3.63) is 0 Å². The molecule has 1 unspecified atom stereocenters. The number of nitrogens with one attached hydrogen (secondary N) is 1. The van der Waals surface area contributed by atoms with Crippen LogP contribution in [0.4, 0.5) is 0 Å². The largest absolute Gasteiger partial charge is 0.352 e. The maximum atomic E-state index is 8.46. The van der Waals surface area contributed by atoms with Gasteiger partial charge in [-0.3, -0.25) is 5.32 Å². The van der Waals surface area contributed by atoms with Crippen LogP contribution >= 0.6 is 17.7 Å². The SMILES string of the molecule is CNCOPO.O=PO. The van der Waals surface area contributed by atoms with Gasteiger partial charge in [-0.25, -0.2) is 4.57 Å². The van der Waals surface area contributed by atoms with E-state index in [0.717, 1.165) is 0 Å². The highest BCUT2D eigenvalue weighted by atomic mass is 31.1. The first-order valence-corrected chi connectivity index (χ1v) is 3.57. The summed E-state index contributed by atoms with van der Waals surface area (Å²) < 4.78 is 12.9. The summed E-state index contributed by atoms with van der Waals surface area (Å²) in [5, 5.41) is 2.69. The Bertz CT molecular complexity index is 49.8. The maximum absolute atomic E-state index is 8.46. The summed E-state index contributed by atoms with van der Waals surface area (Å²) in [6.07, 6.45) is 0. The molecular formula is C2H9NO4P2. The molecule has 3 N–H and O–H groups in total. The Morgan fingerprint density at radius 2 is 2.33 bits per heavy atom. The molecule has 0 saturated heterocycles. The van der Waals surface area contributed by atoms with Gasteiger partial charge in [0, 0.05) is 0 Å². The molecule has 0 rings (SSSR count). The fourth-order valence-electron chi connectivity index (χ4n) is 0.104. The molecule has 0 aromatic heterocycles. The normalized spacial score (nSPS) is 9.67. The minimum atomic E-state index is -0.833. The Labute approximate surface area is 56.7 Å². The standard InChI is InChI=1S/C2H8NO2P.HO2P/c1-3-2-5-6-4;1-3-2/h3-4,6H,2H2,1H3;(H,1,2). The zero-order valence-electron chi connectivity index (χ0n) is 4.87. The molecule has 0 heterocycles. The molecular weight excluding hydrogens is 164 g/mol. The number of hydrogen-bond acceptors (Lipinski definition) is 4. The van der Waals surface area contributed by atoms with E-state index in [2.05, 4.69) is 9.84 Å². The van der Waals surface area contributed by atoms with E-state index in [4.69, 9.17) is 14.4 Å². The molecule has 0 spiro atoms. The quantitative estimate of drug-likeness (QED) is 0.314. The number of hydrogen-bond donors (Lipinski definition) is 3. The lowest BCUT2D eigenvalue weighted by Crippen LogP contribution is -2.06. The van der Waals surface area contributed by atoms with Crippen molar-refractivity contribution in [1.29, 1.82) is 0 Å². The summed E-state index contributed by atoms with van der Waals surface area (Å²) in [6.45, 7) is 0.426. The Kier molecular flexibility index (Phi) is 21.2. The highest BCUT2D eigenvalue weighted by Crippen LogP contribution is 1.98. The van der Waals surface area contributed by atoms with Crippen LogP contribution in [0.1, 0.15) is 0 Å². The zero-order chi connectivity index (χ0) is 7.54. The molecule has 9 heavy (non-hydrogen) atoms. The average Bonchev–Trinajstić information content (AvgIpc) is 1.86. The Morgan fingerprint density at radius 1 is 1.89 bits per heavy atom. The van der Waals surface area contributed by atoms with Crippen molar-refractivity contribution in [1.82, 2.24) is 5.32 Å². The first kappa shape index (κ1) is 12.1. The first-order chi connectivity index (χ1) is 4.33. The zero-order valence-corrected chi connectivity index (χ0v) is 6.76. The highest BCUT2D eigenvalue weighted by molar-refractivity contribution is 7.24. The molecule has 0 aliphatic rings. The molecule has 5 nitrogen and oxygen atoms in total. The van der Waals surface area contributed by atoms with Crippen LogP contribution in [-0.4, -0.2) is 23.6 Å². The van der Waals surface area contributed by atoms with Crippen molar-refractivity contribution >= 4 is 17.7 Å². The van der Waals surface area contributed by atoms with Crippen molar-refractivity contribution < 1.29 is 18.9 Å².